The molecule has 0 radical (unpaired) electrons. The normalized spacial score (nSPS) is 10.5. The lowest BCUT2D eigenvalue weighted by Gasteiger charge is -2.03. The molecule has 5 heteroatoms. The van der Waals surface area contributed by atoms with Gasteiger partial charge in [-0.15, -0.1) is 0 Å². The van der Waals surface area contributed by atoms with Crippen LogP contribution in [0.3, 0.4) is 0 Å². The van der Waals surface area contributed by atoms with Gasteiger partial charge in [-0.25, -0.2) is 4.39 Å². The Hall–Kier alpha value is -2.74. The molecule has 0 unspecified atom stereocenters. The summed E-state index contributed by atoms with van der Waals surface area (Å²) >= 11 is 0. The number of aromatic nitrogens is 2. The first-order valence-electron chi connectivity index (χ1n) is 5.67. The van der Waals surface area contributed by atoms with E-state index in [9.17, 15) is 4.39 Å². The first-order chi connectivity index (χ1) is 9.29. The summed E-state index contributed by atoms with van der Waals surface area (Å²) in [7, 11) is 0. The van der Waals surface area contributed by atoms with Gasteiger partial charge in [0.2, 0.25) is 11.7 Å². The highest BCUT2D eigenvalue weighted by Gasteiger charge is 2.13. The number of hydrogen-bond donors (Lipinski definition) is 0. The molecule has 0 fully saturated rings. The molecular weight excluding hydrogens is 245 g/mol. The van der Waals surface area contributed by atoms with Gasteiger partial charge in [-0.2, -0.15) is 10.2 Å². The fourth-order valence-electron chi connectivity index (χ4n) is 1.96. The second-order valence-corrected chi connectivity index (χ2v) is 3.99. The minimum atomic E-state index is -0.292. The maximum absolute atomic E-state index is 13.7. The summed E-state index contributed by atoms with van der Waals surface area (Å²) < 4.78 is 18.7. The van der Waals surface area contributed by atoms with Crippen LogP contribution in [0.4, 0.5) is 4.39 Å². The summed E-state index contributed by atoms with van der Waals surface area (Å²) in [5, 5.41) is 13.6. The Morgan fingerprint density at radius 2 is 1.95 bits per heavy atom. The van der Waals surface area contributed by atoms with Gasteiger partial charge in [0.1, 0.15) is 12.2 Å². The minimum absolute atomic E-state index is 0.0616. The Bertz CT molecular complexity index is 789. The maximum atomic E-state index is 13.7. The van der Waals surface area contributed by atoms with Crippen molar-refractivity contribution >= 4 is 10.8 Å². The van der Waals surface area contributed by atoms with Crippen LogP contribution >= 0.6 is 0 Å². The fraction of sp³-hybridized carbons (Fsp3) is 0.0714. The summed E-state index contributed by atoms with van der Waals surface area (Å²) in [5.41, 5.74) is 0.685. The van der Waals surface area contributed by atoms with Crippen LogP contribution in [0, 0.1) is 17.1 Å². The number of hydrogen-bond acceptors (Lipinski definition) is 4. The first-order valence-corrected chi connectivity index (χ1v) is 5.67. The molecule has 0 saturated heterocycles. The number of nitrogens with zero attached hydrogens (tertiary/aromatic N) is 3. The molecule has 1 aromatic heterocycles. The molecule has 0 amide bonds. The van der Waals surface area contributed by atoms with Crippen molar-refractivity contribution in [1.29, 1.82) is 5.26 Å². The molecule has 0 N–H and O–H groups in total. The van der Waals surface area contributed by atoms with Crippen LogP contribution in [0.15, 0.2) is 40.9 Å². The van der Waals surface area contributed by atoms with E-state index in [2.05, 4.69) is 10.1 Å². The highest BCUT2D eigenvalue weighted by Crippen LogP contribution is 2.28. The third-order valence-corrected chi connectivity index (χ3v) is 2.81. The van der Waals surface area contributed by atoms with Gasteiger partial charge in [0.15, 0.2) is 0 Å². The molecule has 0 saturated carbocycles. The largest absolute Gasteiger partial charge is 0.338 e. The fourth-order valence-corrected chi connectivity index (χ4v) is 1.96. The molecule has 2 aromatic carbocycles. The molecule has 0 spiro atoms. The predicted octanol–water partition coefficient (Wildman–Crippen LogP) is 3.09. The van der Waals surface area contributed by atoms with Gasteiger partial charge in [0.05, 0.1) is 6.07 Å². The van der Waals surface area contributed by atoms with E-state index in [4.69, 9.17) is 9.78 Å². The minimum Gasteiger partial charge on any atom is -0.338 e. The molecule has 92 valence electrons. The average Bonchev–Trinajstić information content (AvgIpc) is 2.88. The van der Waals surface area contributed by atoms with Crippen LogP contribution in [-0.4, -0.2) is 10.1 Å². The molecule has 0 aliphatic heterocycles. The quantitative estimate of drug-likeness (QED) is 0.704. The smallest absolute Gasteiger partial charge is 0.241 e. The highest BCUT2D eigenvalue weighted by atomic mass is 19.1. The van der Waals surface area contributed by atoms with Gasteiger partial charge in [-0.05, 0) is 17.5 Å². The Morgan fingerprint density at radius 1 is 1.16 bits per heavy atom. The Balaban J connectivity index is 2.19. The Morgan fingerprint density at radius 3 is 2.74 bits per heavy atom. The molecule has 0 aliphatic rings. The van der Waals surface area contributed by atoms with E-state index in [1.165, 1.54) is 6.07 Å². The van der Waals surface area contributed by atoms with E-state index in [-0.39, 0.29) is 18.1 Å². The molecule has 1 heterocycles. The lowest BCUT2D eigenvalue weighted by Crippen LogP contribution is -1.87. The van der Waals surface area contributed by atoms with Gasteiger partial charge >= 0.3 is 0 Å². The molecule has 0 bridgehead atoms. The number of rotatable bonds is 2. The van der Waals surface area contributed by atoms with Crippen molar-refractivity contribution in [2.75, 3.05) is 0 Å². The zero-order chi connectivity index (χ0) is 13.2. The third-order valence-electron chi connectivity index (χ3n) is 2.81. The SMILES string of the molecule is N#CCc1nc(-c2ccc(F)c3ccccc23)no1. The van der Waals surface area contributed by atoms with E-state index in [1.807, 2.05) is 12.1 Å². The van der Waals surface area contributed by atoms with E-state index in [1.54, 1.807) is 24.3 Å². The zero-order valence-electron chi connectivity index (χ0n) is 9.80. The number of nitriles is 1. The van der Waals surface area contributed by atoms with Gasteiger partial charge < -0.3 is 4.52 Å². The van der Waals surface area contributed by atoms with Gasteiger partial charge in [-0.1, -0.05) is 29.4 Å². The van der Waals surface area contributed by atoms with E-state index < -0.39 is 0 Å². The van der Waals surface area contributed by atoms with E-state index in [0.717, 1.165) is 0 Å². The maximum Gasteiger partial charge on any atom is 0.241 e. The third kappa shape index (κ3) is 1.93. The highest BCUT2D eigenvalue weighted by molar-refractivity contribution is 5.95. The topological polar surface area (TPSA) is 62.7 Å². The summed E-state index contributed by atoms with van der Waals surface area (Å²) in [5.74, 6) is 0.326. The van der Waals surface area contributed by atoms with Crippen molar-refractivity contribution in [3.05, 3.63) is 48.1 Å². The molecule has 0 atom stereocenters. The average molecular weight is 253 g/mol. The Labute approximate surface area is 108 Å². The van der Waals surface area contributed by atoms with Crippen LogP contribution in [0.1, 0.15) is 5.89 Å². The number of benzene rings is 2. The predicted molar refractivity (Wildman–Crippen MR) is 66.5 cm³/mol. The molecule has 3 aromatic rings. The Kier molecular flexibility index (Phi) is 2.69. The standard InChI is InChI=1S/C14H8FN3O/c15-12-6-5-11(9-3-1-2-4-10(9)12)14-17-13(7-8-16)19-18-14/h1-6H,7H2. The van der Waals surface area contributed by atoms with Gasteiger partial charge in [0.25, 0.3) is 0 Å². The van der Waals surface area contributed by atoms with Crippen molar-refractivity contribution in [1.82, 2.24) is 10.1 Å². The molecule has 19 heavy (non-hydrogen) atoms. The van der Waals surface area contributed by atoms with Crippen LogP contribution < -0.4 is 0 Å². The van der Waals surface area contributed by atoms with E-state index >= 15 is 0 Å². The summed E-state index contributed by atoms with van der Waals surface area (Å²) in [6.07, 6.45) is 0.0616. The van der Waals surface area contributed by atoms with E-state index in [0.29, 0.717) is 22.2 Å². The van der Waals surface area contributed by atoms with Crippen LogP contribution in [0.25, 0.3) is 22.2 Å². The van der Waals surface area contributed by atoms with Crippen molar-refractivity contribution in [3.63, 3.8) is 0 Å². The molecular formula is C14H8FN3O. The zero-order valence-corrected chi connectivity index (χ0v) is 9.80. The van der Waals surface area contributed by atoms with Crippen molar-refractivity contribution in [2.45, 2.75) is 6.42 Å². The molecule has 4 nitrogen and oxygen atoms in total. The van der Waals surface area contributed by atoms with Crippen molar-refractivity contribution < 1.29 is 8.91 Å². The second-order valence-electron chi connectivity index (χ2n) is 3.99. The molecule has 3 rings (SSSR count). The summed E-state index contributed by atoms with van der Waals surface area (Å²) in [4.78, 5) is 4.13. The van der Waals surface area contributed by atoms with Crippen LogP contribution in [0.2, 0.25) is 0 Å². The van der Waals surface area contributed by atoms with Crippen molar-refractivity contribution in [2.24, 2.45) is 0 Å². The lowest BCUT2D eigenvalue weighted by molar-refractivity contribution is 0.388. The molecule has 0 aliphatic carbocycles. The first kappa shape index (κ1) is 11.4. The number of halogens is 1. The lowest BCUT2D eigenvalue weighted by atomic mass is 10.0. The van der Waals surface area contributed by atoms with Crippen LogP contribution in [0.5, 0.6) is 0 Å². The van der Waals surface area contributed by atoms with Gasteiger partial charge in [0, 0.05) is 10.9 Å². The van der Waals surface area contributed by atoms with Crippen molar-refractivity contribution in [3.8, 4) is 17.5 Å². The number of fused-ring (bicyclic) bond motifs is 1. The summed E-state index contributed by atoms with van der Waals surface area (Å²) in [6, 6.07) is 12.0. The second kappa shape index (κ2) is 4.50. The van der Waals surface area contributed by atoms with Gasteiger partial charge in [-0.3, -0.25) is 0 Å². The van der Waals surface area contributed by atoms with Crippen LogP contribution in [-0.2, 0) is 6.42 Å². The summed E-state index contributed by atoms with van der Waals surface area (Å²) in [6.45, 7) is 0. The monoisotopic (exact) mass is 253 g/mol.